The Morgan fingerprint density at radius 1 is 0.917 bits per heavy atom. The number of carbonyl (C=O) groups is 1. The Morgan fingerprint density at radius 3 is 2.15 bits per heavy atom. The van der Waals surface area contributed by atoms with Crippen molar-refractivity contribution in [3.05, 3.63) is 76.4 Å². The molecule has 0 aliphatic rings. The van der Waals surface area contributed by atoms with Gasteiger partial charge in [0.05, 0.1) is 5.69 Å². The zero-order valence-electron chi connectivity index (χ0n) is 29.9. The number of fused-ring (bicyclic) bond motifs is 2. The summed E-state index contributed by atoms with van der Waals surface area (Å²) in [7, 11) is 0. The van der Waals surface area contributed by atoms with Gasteiger partial charge in [-0.05, 0) is 65.6 Å². The summed E-state index contributed by atoms with van der Waals surface area (Å²) in [5, 5.41) is 14.7. The summed E-state index contributed by atoms with van der Waals surface area (Å²) in [4.78, 5) is 23.5. The summed E-state index contributed by atoms with van der Waals surface area (Å²) < 4.78 is 2.55. The van der Waals surface area contributed by atoms with Crippen LogP contribution in [-0.4, -0.2) is 20.9 Å². The number of hydrogen-bond acceptors (Lipinski definition) is 7. The van der Waals surface area contributed by atoms with Crippen LogP contribution in [0.1, 0.15) is 98.4 Å². The SMILES string of the molecule is CCC(C)(CC)C(=O)/C=C(\O)C(C)(CC)CC.Cc1cc2ccc(-c3ncnc(-c4[c-]c5ccsc5c(C(C)(C)C)c4)c3S)cc2s1.[Ir]. The largest absolute Gasteiger partial charge is 0.512 e. The van der Waals surface area contributed by atoms with Crippen LogP contribution in [0.15, 0.2) is 64.8 Å². The number of aryl methyl sites for hydroxylation is 1. The van der Waals surface area contributed by atoms with Crippen LogP contribution in [0.2, 0.25) is 0 Å². The standard InChI is InChI=1S/C25H21N2S3.C15H28O2.Ir/c1-14-9-15-5-6-16(12-20(15)30-14)21-23(28)22(27-13-26-21)18-10-17-7-8-29-24(17)19(11-18)25(2,3)4;1-7-14(5,8-2)12(16)11-13(17)15(6,9-3)10-4;/h5-9,11-13,28H,1-4H3;11,16H,7-10H2,1-6H3;/q-1;;/b;12-11-;. The van der Waals surface area contributed by atoms with Crippen molar-refractivity contribution in [2.75, 3.05) is 0 Å². The number of aromatic nitrogens is 2. The molecule has 0 fully saturated rings. The Kier molecular flexibility index (Phi) is 13.5. The molecule has 5 rings (SSSR count). The normalized spacial score (nSPS) is 12.5. The van der Waals surface area contributed by atoms with Gasteiger partial charge in [-0.15, -0.1) is 47.6 Å². The molecule has 0 aliphatic carbocycles. The molecule has 2 aromatic carbocycles. The Bertz CT molecular complexity index is 1910. The summed E-state index contributed by atoms with van der Waals surface area (Å²) in [5.41, 5.74) is 4.44. The maximum absolute atomic E-state index is 12.2. The van der Waals surface area contributed by atoms with Gasteiger partial charge < -0.3 is 5.11 Å². The first-order valence-corrected chi connectivity index (χ1v) is 18.7. The molecule has 5 aromatic rings. The van der Waals surface area contributed by atoms with E-state index in [0.717, 1.165) is 58.5 Å². The second-order valence-electron chi connectivity index (χ2n) is 14.0. The van der Waals surface area contributed by atoms with Crippen LogP contribution in [0, 0.1) is 23.8 Å². The van der Waals surface area contributed by atoms with Gasteiger partial charge in [-0.1, -0.05) is 85.6 Å². The molecule has 8 heteroatoms. The number of aliphatic hydroxyl groups excluding tert-OH is 1. The van der Waals surface area contributed by atoms with Gasteiger partial charge in [-0.2, -0.15) is 11.3 Å². The number of aliphatic hydroxyl groups is 1. The monoisotopic (exact) mass is 878 g/mol. The Labute approximate surface area is 314 Å². The first kappa shape index (κ1) is 40.1. The molecule has 0 saturated heterocycles. The number of rotatable bonds is 9. The smallest absolute Gasteiger partial charge is 0.164 e. The molecule has 259 valence electrons. The molecular formula is C40H49IrN2O2S3-. The van der Waals surface area contributed by atoms with Crippen LogP contribution in [0.4, 0.5) is 0 Å². The van der Waals surface area contributed by atoms with E-state index in [4.69, 9.17) is 12.6 Å². The molecule has 0 aliphatic heterocycles. The maximum atomic E-state index is 12.2. The summed E-state index contributed by atoms with van der Waals surface area (Å²) >= 11 is 8.45. The van der Waals surface area contributed by atoms with E-state index in [1.165, 1.54) is 31.3 Å². The zero-order valence-corrected chi connectivity index (χ0v) is 34.8. The second-order valence-corrected chi connectivity index (χ2v) is 16.6. The van der Waals surface area contributed by atoms with Crippen molar-refractivity contribution < 1.29 is 30.0 Å². The van der Waals surface area contributed by atoms with Gasteiger partial charge in [0.1, 0.15) is 12.1 Å². The quantitative estimate of drug-likeness (QED) is 0.0670. The van der Waals surface area contributed by atoms with Gasteiger partial charge in [0.2, 0.25) is 0 Å². The Morgan fingerprint density at radius 2 is 1.54 bits per heavy atom. The molecule has 3 aromatic heterocycles. The van der Waals surface area contributed by atoms with Crippen molar-refractivity contribution in [2.24, 2.45) is 10.8 Å². The number of thiophene rings is 2. The number of benzene rings is 2. The van der Waals surface area contributed by atoms with E-state index < -0.39 is 0 Å². The van der Waals surface area contributed by atoms with Gasteiger partial charge in [0.25, 0.3) is 0 Å². The van der Waals surface area contributed by atoms with Crippen LogP contribution in [0.3, 0.4) is 0 Å². The van der Waals surface area contributed by atoms with E-state index in [0.29, 0.717) is 0 Å². The van der Waals surface area contributed by atoms with E-state index in [-0.39, 0.29) is 47.9 Å². The minimum absolute atomic E-state index is 0. The van der Waals surface area contributed by atoms with Crippen molar-refractivity contribution >= 4 is 61.3 Å². The third-order valence-electron chi connectivity index (χ3n) is 9.87. The summed E-state index contributed by atoms with van der Waals surface area (Å²) in [5.74, 6) is 0.286. The summed E-state index contributed by atoms with van der Waals surface area (Å²) in [6.07, 6.45) is 6.39. The molecule has 0 atom stereocenters. The predicted octanol–water partition coefficient (Wildman–Crippen LogP) is 12.6. The molecule has 48 heavy (non-hydrogen) atoms. The summed E-state index contributed by atoms with van der Waals surface area (Å²) in [6, 6.07) is 16.6. The topological polar surface area (TPSA) is 63.1 Å². The molecule has 0 amide bonds. The second kappa shape index (κ2) is 16.1. The van der Waals surface area contributed by atoms with Crippen molar-refractivity contribution in [3.63, 3.8) is 0 Å². The molecule has 4 nitrogen and oxygen atoms in total. The molecule has 0 spiro atoms. The Hall–Kier alpha value is -2.35. The van der Waals surface area contributed by atoms with E-state index in [1.807, 2.05) is 41.5 Å². The molecule has 0 bridgehead atoms. The molecule has 3 heterocycles. The van der Waals surface area contributed by atoms with E-state index in [2.05, 4.69) is 85.5 Å². The van der Waals surface area contributed by atoms with Crippen LogP contribution in [-0.2, 0) is 30.3 Å². The molecular weight excluding hydrogens is 829 g/mol. The van der Waals surface area contributed by atoms with Gasteiger partial charge in [0.15, 0.2) is 5.78 Å². The maximum Gasteiger partial charge on any atom is 0.164 e. The summed E-state index contributed by atoms with van der Waals surface area (Å²) in [6.45, 7) is 21.0. The fraction of sp³-hybridized carbons (Fsp3) is 0.425. The average Bonchev–Trinajstić information content (AvgIpc) is 3.68. The van der Waals surface area contributed by atoms with Crippen molar-refractivity contribution in [2.45, 2.75) is 105 Å². The Balaban J connectivity index is 0.000000301. The third kappa shape index (κ3) is 8.50. The van der Waals surface area contributed by atoms with Crippen molar-refractivity contribution in [1.82, 2.24) is 9.97 Å². The number of thiol groups is 1. The average molecular weight is 878 g/mol. The fourth-order valence-corrected chi connectivity index (χ4v) is 7.88. The van der Waals surface area contributed by atoms with Gasteiger partial charge in [0, 0.05) is 62.7 Å². The van der Waals surface area contributed by atoms with E-state index >= 15 is 0 Å². The van der Waals surface area contributed by atoms with Crippen LogP contribution in [0.25, 0.3) is 42.7 Å². The van der Waals surface area contributed by atoms with Gasteiger partial charge in [-0.25, -0.2) is 4.98 Å². The first-order valence-electron chi connectivity index (χ1n) is 16.5. The molecule has 1 N–H and O–H groups in total. The number of carbonyl (C=O) groups excluding carboxylic acids is 1. The first-order chi connectivity index (χ1) is 22.1. The molecule has 1 radical (unpaired) electrons. The van der Waals surface area contributed by atoms with Gasteiger partial charge in [-0.3, -0.25) is 9.78 Å². The number of ketones is 1. The van der Waals surface area contributed by atoms with E-state index in [9.17, 15) is 9.90 Å². The van der Waals surface area contributed by atoms with E-state index in [1.54, 1.807) is 29.0 Å². The fourth-order valence-electron chi connectivity index (χ4n) is 5.47. The number of hydrogen-bond donors (Lipinski definition) is 2. The third-order valence-corrected chi connectivity index (χ3v) is 12.3. The molecule has 0 unspecified atom stereocenters. The van der Waals surface area contributed by atoms with Crippen LogP contribution < -0.4 is 0 Å². The van der Waals surface area contributed by atoms with Gasteiger partial charge >= 0.3 is 0 Å². The van der Waals surface area contributed by atoms with Crippen LogP contribution in [0.5, 0.6) is 0 Å². The minimum Gasteiger partial charge on any atom is -0.512 e. The number of nitrogens with zero attached hydrogens (tertiary/aromatic N) is 2. The predicted molar refractivity (Wildman–Crippen MR) is 206 cm³/mol. The zero-order chi connectivity index (χ0) is 34.7. The minimum atomic E-state index is -0.337. The molecule has 0 saturated carbocycles. The van der Waals surface area contributed by atoms with Crippen molar-refractivity contribution in [3.8, 4) is 22.5 Å². The van der Waals surface area contributed by atoms with Crippen molar-refractivity contribution in [1.29, 1.82) is 0 Å². The van der Waals surface area contributed by atoms with Crippen LogP contribution >= 0.6 is 35.3 Å². The number of allylic oxidation sites excluding steroid dienone is 2.